The molecule has 2 nitrogen and oxygen atoms in total. The van der Waals surface area contributed by atoms with Gasteiger partial charge in [-0.3, -0.25) is 4.90 Å². The topological polar surface area (TPSA) is 29.3 Å². The second kappa shape index (κ2) is 6.10. The first-order valence-corrected chi connectivity index (χ1v) is 8.75. The normalized spacial score (nSPS) is 24.5. The maximum Gasteiger partial charge on any atom is 0.0479 e. The molecule has 0 bridgehead atoms. The average Bonchev–Trinajstić information content (AvgIpc) is 2.99. The Labute approximate surface area is 129 Å². The van der Waals surface area contributed by atoms with Crippen LogP contribution >= 0.6 is 0 Å². The lowest BCUT2D eigenvalue weighted by molar-refractivity contribution is 0.0999. The highest BCUT2D eigenvalue weighted by Crippen LogP contribution is 2.39. The number of nitrogens with zero attached hydrogens (tertiary/aromatic N) is 1. The predicted octanol–water partition coefficient (Wildman–Crippen LogP) is 4.22. The Morgan fingerprint density at radius 1 is 1.24 bits per heavy atom. The molecular weight excluding hydrogens is 256 g/mol. The minimum Gasteiger partial charge on any atom is -0.322 e. The number of likely N-dealkylation sites (tertiary alicyclic amines) is 1. The van der Waals surface area contributed by atoms with Gasteiger partial charge < -0.3 is 5.73 Å². The third-order valence-corrected chi connectivity index (χ3v) is 6.06. The summed E-state index contributed by atoms with van der Waals surface area (Å²) in [5, 5.41) is 0. The molecule has 2 aliphatic rings. The molecule has 116 valence electrons. The summed E-state index contributed by atoms with van der Waals surface area (Å²) in [6, 6.07) is 9.23. The van der Waals surface area contributed by atoms with Gasteiger partial charge in [0.25, 0.3) is 0 Å². The summed E-state index contributed by atoms with van der Waals surface area (Å²) in [6.07, 6.45) is 7.86. The van der Waals surface area contributed by atoms with Crippen molar-refractivity contribution in [3.8, 4) is 0 Å². The van der Waals surface area contributed by atoms with Crippen molar-refractivity contribution in [1.82, 2.24) is 4.90 Å². The van der Waals surface area contributed by atoms with Gasteiger partial charge in [-0.15, -0.1) is 0 Å². The van der Waals surface area contributed by atoms with Gasteiger partial charge in [0.2, 0.25) is 0 Å². The van der Waals surface area contributed by atoms with Crippen molar-refractivity contribution in [3.05, 3.63) is 35.4 Å². The van der Waals surface area contributed by atoms with Gasteiger partial charge in [-0.05, 0) is 69.2 Å². The lowest BCUT2D eigenvalue weighted by atomic mass is 9.77. The molecule has 2 atom stereocenters. The lowest BCUT2D eigenvalue weighted by Crippen LogP contribution is -2.51. The van der Waals surface area contributed by atoms with E-state index in [9.17, 15) is 0 Å². The molecule has 1 saturated heterocycles. The Hall–Kier alpha value is -0.860. The van der Waals surface area contributed by atoms with Gasteiger partial charge in [0, 0.05) is 11.6 Å². The SMILES string of the molecule is CCC(C)(C(N)c1cccc(C2CCC2)c1)N1CCCC1. The van der Waals surface area contributed by atoms with Gasteiger partial charge in [0.1, 0.15) is 0 Å². The van der Waals surface area contributed by atoms with E-state index in [4.69, 9.17) is 5.73 Å². The zero-order valence-corrected chi connectivity index (χ0v) is 13.6. The first kappa shape index (κ1) is 15.1. The molecule has 1 heterocycles. The van der Waals surface area contributed by atoms with Crippen molar-refractivity contribution in [3.63, 3.8) is 0 Å². The Morgan fingerprint density at radius 2 is 1.95 bits per heavy atom. The van der Waals surface area contributed by atoms with E-state index in [1.807, 2.05) is 0 Å². The van der Waals surface area contributed by atoms with Gasteiger partial charge >= 0.3 is 0 Å². The molecule has 1 aliphatic carbocycles. The molecule has 0 amide bonds. The van der Waals surface area contributed by atoms with E-state index in [2.05, 4.69) is 43.0 Å². The predicted molar refractivity (Wildman–Crippen MR) is 89.5 cm³/mol. The molecule has 2 N–H and O–H groups in total. The summed E-state index contributed by atoms with van der Waals surface area (Å²) in [5.74, 6) is 0.789. The Morgan fingerprint density at radius 3 is 2.52 bits per heavy atom. The van der Waals surface area contributed by atoms with Crippen LogP contribution < -0.4 is 5.73 Å². The zero-order valence-electron chi connectivity index (χ0n) is 13.6. The summed E-state index contributed by atoms with van der Waals surface area (Å²) >= 11 is 0. The van der Waals surface area contributed by atoms with Crippen LogP contribution in [0.1, 0.15) is 75.5 Å². The molecular formula is C19H30N2. The van der Waals surface area contributed by atoms with Gasteiger partial charge in [-0.1, -0.05) is 37.6 Å². The molecule has 2 unspecified atom stereocenters. The van der Waals surface area contributed by atoms with Crippen LogP contribution in [-0.2, 0) is 0 Å². The second-order valence-corrected chi connectivity index (χ2v) is 7.18. The van der Waals surface area contributed by atoms with Gasteiger partial charge in [-0.2, -0.15) is 0 Å². The van der Waals surface area contributed by atoms with Gasteiger partial charge in [-0.25, -0.2) is 0 Å². The summed E-state index contributed by atoms with van der Waals surface area (Å²) in [6.45, 7) is 7.06. The van der Waals surface area contributed by atoms with Crippen LogP contribution in [0.15, 0.2) is 24.3 Å². The van der Waals surface area contributed by atoms with Crippen LogP contribution in [-0.4, -0.2) is 23.5 Å². The van der Waals surface area contributed by atoms with Crippen molar-refractivity contribution in [2.24, 2.45) is 5.73 Å². The quantitative estimate of drug-likeness (QED) is 0.878. The fourth-order valence-electron chi connectivity index (χ4n) is 3.98. The standard InChI is InChI=1S/C19H30N2/c1-3-19(2,21-12-4-5-13-21)18(20)17-11-7-10-16(14-17)15-8-6-9-15/h7,10-11,14-15,18H,3-6,8-9,12-13,20H2,1-2H3. The maximum atomic E-state index is 6.75. The summed E-state index contributed by atoms with van der Waals surface area (Å²) < 4.78 is 0. The molecule has 1 aromatic rings. The van der Waals surface area contributed by atoms with Crippen molar-refractivity contribution in [2.75, 3.05) is 13.1 Å². The van der Waals surface area contributed by atoms with Crippen LogP contribution in [0, 0.1) is 0 Å². The highest BCUT2D eigenvalue weighted by atomic mass is 15.2. The van der Waals surface area contributed by atoms with Gasteiger partial charge in [0.15, 0.2) is 0 Å². The molecule has 1 saturated carbocycles. The molecule has 2 fully saturated rings. The van der Waals surface area contributed by atoms with Crippen LogP contribution in [0.3, 0.4) is 0 Å². The van der Waals surface area contributed by atoms with Crippen molar-refractivity contribution in [2.45, 2.75) is 69.9 Å². The zero-order chi connectivity index (χ0) is 14.9. The van der Waals surface area contributed by atoms with Crippen LogP contribution in [0.5, 0.6) is 0 Å². The van der Waals surface area contributed by atoms with E-state index < -0.39 is 0 Å². The number of benzene rings is 1. The van der Waals surface area contributed by atoms with Crippen molar-refractivity contribution >= 4 is 0 Å². The number of nitrogens with two attached hydrogens (primary N) is 1. The van der Waals surface area contributed by atoms with Crippen molar-refractivity contribution in [1.29, 1.82) is 0 Å². The van der Waals surface area contributed by atoms with E-state index in [1.165, 1.54) is 56.3 Å². The van der Waals surface area contributed by atoms with Crippen LogP contribution in [0.25, 0.3) is 0 Å². The van der Waals surface area contributed by atoms with Gasteiger partial charge in [0.05, 0.1) is 0 Å². The van der Waals surface area contributed by atoms with E-state index in [0.717, 1.165) is 12.3 Å². The molecule has 21 heavy (non-hydrogen) atoms. The average molecular weight is 286 g/mol. The largest absolute Gasteiger partial charge is 0.322 e. The summed E-state index contributed by atoms with van der Waals surface area (Å²) in [5.41, 5.74) is 9.68. The fourth-order valence-corrected chi connectivity index (χ4v) is 3.98. The van der Waals surface area contributed by atoms with Crippen LogP contribution in [0.4, 0.5) is 0 Å². The first-order valence-electron chi connectivity index (χ1n) is 8.75. The fraction of sp³-hybridized carbons (Fsp3) is 0.684. The highest BCUT2D eigenvalue weighted by Gasteiger charge is 2.38. The molecule has 3 rings (SSSR count). The van der Waals surface area contributed by atoms with E-state index in [0.29, 0.717) is 0 Å². The Kier molecular flexibility index (Phi) is 4.37. The molecule has 1 aromatic carbocycles. The summed E-state index contributed by atoms with van der Waals surface area (Å²) in [7, 11) is 0. The van der Waals surface area contributed by atoms with E-state index >= 15 is 0 Å². The monoisotopic (exact) mass is 286 g/mol. The Bertz CT molecular complexity index is 474. The number of hydrogen-bond donors (Lipinski definition) is 1. The second-order valence-electron chi connectivity index (χ2n) is 7.18. The molecule has 0 spiro atoms. The highest BCUT2D eigenvalue weighted by molar-refractivity contribution is 5.31. The molecule has 1 aliphatic heterocycles. The smallest absolute Gasteiger partial charge is 0.0479 e. The first-order chi connectivity index (χ1) is 10.1. The van der Waals surface area contributed by atoms with E-state index in [-0.39, 0.29) is 11.6 Å². The third kappa shape index (κ3) is 2.76. The van der Waals surface area contributed by atoms with Crippen LogP contribution in [0.2, 0.25) is 0 Å². The number of hydrogen-bond acceptors (Lipinski definition) is 2. The minimum atomic E-state index is 0.0920. The minimum absolute atomic E-state index is 0.0920. The van der Waals surface area contributed by atoms with Crippen molar-refractivity contribution < 1.29 is 0 Å². The molecule has 0 radical (unpaired) electrons. The Balaban J connectivity index is 1.83. The lowest BCUT2D eigenvalue weighted by Gasteiger charge is -2.43. The van der Waals surface area contributed by atoms with E-state index in [1.54, 1.807) is 0 Å². The molecule has 2 heteroatoms. The maximum absolute atomic E-state index is 6.75. The number of rotatable bonds is 5. The summed E-state index contributed by atoms with van der Waals surface area (Å²) in [4.78, 5) is 2.62. The molecule has 0 aromatic heterocycles. The third-order valence-electron chi connectivity index (χ3n) is 6.06.